The number of methoxy groups -OCH3 is 1. The topological polar surface area (TPSA) is 67.8 Å². The number of aliphatic hydroxyl groups is 1. The summed E-state index contributed by atoms with van der Waals surface area (Å²) in [7, 11) is 1.35. The van der Waals surface area contributed by atoms with E-state index in [2.05, 4.69) is 10.1 Å². The van der Waals surface area contributed by atoms with Crippen LogP contribution in [0.5, 0.6) is 0 Å². The number of benzene rings is 1. The molecule has 1 aromatic carbocycles. The van der Waals surface area contributed by atoms with E-state index in [-0.39, 0.29) is 19.0 Å². The summed E-state index contributed by atoms with van der Waals surface area (Å²) in [6.07, 6.45) is -0.348. The van der Waals surface area contributed by atoms with Gasteiger partial charge in [0.05, 0.1) is 32.8 Å². The van der Waals surface area contributed by atoms with Gasteiger partial charge in [-0.15, -0.1) is 0 Å². The third-order valence-corrected chi connectivity index (χ3v) is 3.01. The fourth-order valence-electron chi connectivity index (χ4n) is 1.54. The number of carbonyl (C=O) groups is 1. The van der Waals surface area contributed by atoms with Gasteiger partial charge in [0, 0.05) is 18.1 Å². The van der Waals surface area contributed by atoms with Crippen LogP contribution in [-0.4, -0.2) is 44.0 Å². The van der Waals surface area contributed by atoms with Gasteiger partial charge in [0.2, 0.25) is 0 Å². The molecule has 0 heterocycles. The van der Waals surface area contributed by atoms with Gasteiger partial charge in [-0.3, -0.25) is 4.79 Å². The van der Waals surface area contributed by atoms with Gasteiger partial charge < -0.3 is 19.9 Å². The van der Waals surface area contributed by atoms with Gasteiger partial charge >= 0.3 is 5.97 Å². The first kappa shape index (κ1) is 16.9. The number of carbonyl (C=O) groups excluding carboxylic acids is 1. The number of ether oxygens (including phenoxy) is 2. The van der Waals surface area contributed by atoms with Crippen LogP contribution < -0.4 is 5.32 Å². The molecule has 0 aliphatic carbocycles. The molecule has 1 aromatic rings. The maximum absolute atomic E-state index is 10.9. The van der Waals surface area contributed by atoms with Crippen molar-refractivity contribution in [3.05, 3.63) is 34.9 Å². The lowest BCUT2D eigenvalue weighted by molar-refractivity contribution is -0.140. The number of nitrogens with one attached hydrogen (secondary N) is 1. The molecule has 0 spiro atoms. The molecule has 20 heavy (non-hydrogen) atoms. The maximum Gasteiger partial charge on any atom is 0.306 e. The monoisotopic (exact) mass is 301 g/mol. The molecule has 112 valence electrons. The lowest BCUT2D eigenvalue weighted by atomic mass is 10.2. The van der Waals surface area contributed by atoms with Crippen LogP contribution in [0.15, 0.2) is 24.3 Å². The van der Waals surface area contributed by atoms with Crippen molar-refractivity contribution < 1.29 is 19.4 Å². The number of rotatable bonds is 9. The Labute approximate surface area is 123 Å². The summed E-state index contributed by atoms with van der Waals surface area (Å²) in [5.41, 5.74) is 0.889. The molecule has 0 saturated carbocycles. The van der Waals surface area contributed by atoms with Crippen molar-refractivity contribution in [3.8, 4) is 0 Å². The Morgan fingerprint density at radius 1 is 1.45 bits per heavy atom. The van der Waals surface area contributed by atoms with Crippen molar-refractivity contribution >= 4 is 17.6 Å². The molecule has 0 amide bonds. The fraction of sp³-hybridized carbons (Fsp3) is 0.500. The zero-order chi connectivity index (χ0) is 14.8. The van der Waals surface area contributed by atoms with Crippen molar-refractivity contribution in [2.75, 3.05) is 26.8 Å². The number of aliphatic hydroxyl groups excluding tert-OH is 1. The van der Waals surface area contributed by atoms with Gasteiger partial charge in [-0.2, -0.15) is 0 Å². The summed E-state index contributed by atoms with van der Waals surface area (Å²) in [6.45, 7) is 1.39. The molecule has 0 aliphatic heterocycles. The maximum atomic E-state index is 10.9. The number of hydrogen-bond donors (Lipinski definition) is 2. The summed E-state index contributed by atoms with van der Waals surface area (Å²) in [5, 5.41) is 13.3. The molecule has 6 heteroatoms. The van der Waals surface area contributed by atoms with Gasteiger partial charge in [-0.1, -0.05) is 29.8 Å². The van der Waals surface area contributed by atoms with Crippen molar-refractivity contribution in [2.45, 2.75) is 19.1 Å². The summed E-state index contributed by atoms with van der Waals surface area (Å²) in [4.78, 5) is 10.9. The van der Waals surface area contributed by atoms with Gasteiger partial charge in [0.25, 0.3) is 0 Å². The molecule has 1 rings (SSSR count). The average molecular weight is 302 g/mol. The second kappa shape index (κ2) is 9.72. The molecule has 5 nitrogen and oxygen atoms in total. The Bertz CT molecular complexity index is 414. The first-order chi connectivity index (χ1) is 9.63. The summed E-state index contributed by atoms with van der Waals surface area (Å²) in [6, 6.07) is 7.41. The minimum atomic E-state index is -0.630. The first-order valence-electron chi connectivity index (χ1n) is 6.40. The normalized spacial score (nSPS) is 12.2. The molecule has 1 unspecified atom stereocenters. The molecule has 0 radical (unpaired) electrons. The first-order valence-corrected chi connectivity index (χ1v) is 6.78. The van der Waals surface area contributed by atoms with E-state index in [1.165, 1.54) is 7.11 Å². The Kier molecular flexibility index (Phi) is 8.22. The van der Waals surface area contributed by atoms with Crippen LogP contribution in [0.1, 0.15) is 12.0 Å². The van der Waals surface area contributed by atoms with Gasteiger partial charge in [0.15, 0.2) is 0 Å². The predicted molar refractivity (Wildman–Crippen MR) is 76.6 cm³/mol. The van der Waals surface area contributed by atoms with Crippen molar-refractivity contribution in [1.29, 1.82) is 0 Å². The Morgan fingerprint density at radius 3 is 2.90 bits per heavy atom. The van der Waals surface area contributed by atoms with Crippen molar-refractivity contribution in [3.63, 3.8) is 0 Å². The highest BCUT2D eigenvalue weighted by atomic mass is 35.5. The number of esters is 1. The van der Waals surface area contributed by atoms with Crippen LogP contribution in [0, 0.1) is 0 Å². The molecule has 2 N–H and O–H groups in total. The lowest BCUT2D eigenvalue weighted by Gasteiger charge is -2.12. The highest BCUT2D eigenvalue weighted by molar-refractivity contribution is 6.31. The van der Waals surface area contributed by atoms with E-state index in [1.807, 2.05) is 18.2 Å². The summed E-state index contributed by atoms with van der Waals surface area (Å²) < 4.78 is 9.90. The molecule has 0 saturated heterocycles. The van der Waals surface area contributed by atoms with Crippen molar-refractivity contribution in [2.24, 2.45) is 0 Å². The van der Waals surface area contributed by atoms with E-state index in [0.717, 1.165) is 5.56 Å². The van der Waals surface area contributed by atoms with Crippen LogP contribution in [0.25, 0.3) is 0 Å². The third kappa shape index (κ3) is 6.86. The molecular formula is C14H20ClNO4. The minimum absolute atomic E-state index is 0.205. The highest BCUT2D eigenvalue weighted by Gasteiger charge is 2.06. The van der Waals surface area contributed by atoms with Crippen LogP contribution >= 0.6 is 11.6 Å². The molecule has 0 aromatic heterocycles. The van der Waals surface area contributed by atoms with Gasteiger partial charge in [-0.25, -0.2) is 0 Å². The molecule has 0 aliphatic rings. The average Bonchev–Trinajstić information content (AvgIpc) is 2.45. The summed E-state index contributed by atoms with van der Waals surface area (Å²) in [5.74, 6) is -0.276. The molecular weight excluding hydrogens is 282 g/mol. The van der Waals surface area contributed by atoms with Crippen molar-refractivity contribution in [1.82, 2.24) is 5.32 Å². The standard InChI is InChI=1S/C14H20ClNO4/c1-19-14(18)6-7-16-8-12(17)10-20-9-11-4-2-3-5-13(11)15/h2-5,12,16-17H,6-10H2,1H3. The predicted octanol–water partition coefficient (Wildman–Crippen LogP) is 1.37. The second-order valence-corrected chi connectivity index (χ2v) is 4.70. The SMILES string of the molecule is COC(=O)CCNCC(O)COCc1ccccc1Cl. The van der Waals surface area contributed by atoms with Gasteiger partial charge in [0.1, 0.15) is 0 Å². The van der Waals surface area contributed by atoms with E-state index in [0.29, 0.717) is 24.7 Å². The zero-order valence-corrected chi connectivity index (χ0v) is 12.2. The van der Waals surface area contributed by atoms with Crippen LogP contribution in [0.3, 0.4) is 0 Å². The van der Waals surface area contributed by atoms with E-state index < -0.39 is 6.10 Å². The smallest absolute Gasteiger partial charge is 0.306 e. The zero-order valence-electron chi connectivity index (χ0n) is 11.5. The van der Waals surface area contributed by atoms with E-state index in [1.54, 1.807) is 6.07 Å². The fourth-order valence-corrected chi connectivity index (χ4v) is 1.73. The lowest BCUT2D eigenvalue weighted by Crippen LogP contribution is -2.31. The molecule has 1 atom stereocenters. The van der Waals surface area contributed by atoms with Gasteiger partial charge in [-0.05, 0) is 11.6 Å². The molecule has 0 fully saturated rings. The van der Waals surface area contributed by atoms with E-state index in [4.69, 9.17) is 16.3 Å². The quantitative estimate of drug-likeness (QED) is 0.533. The van der Waals surface area contributed by atoms with Crippen LogP contribution in [-0.2, 0) is 20.9 Å². The largest absolute Gasteiger partial charge is 0.469 e. The summed E-state index contributed by atoms with van der Waals surface area (Å²) >= 11 is 5.99. The highest BCUT2D eigenvalue weighted by Crippen LogP contribution is 2.15. The third-order valence-electron chi connectivity index (χ3n) is 2.64. The minimum Gasteiger partial charge on any atom is -0.469 e. The number of hydrogen-bond acceptors (Lipinski definition) is 5. The second-order valence-electron chi connectivity index (χ2n) is 4.29. The van der Waals surface area contributed by atoms with Crippen LogP contribution in [0.2, 0.25) is 5.02 Å². The van der Waals surface area contributed by atoms with Crippen LogP contribution in [0.4, 0.5) is 0 Å². The number of halogens is 1. The van der Waals surface area contributed by atoms with E-state index in [9.17, 15) is 9.90 Å². The van der Waals surface area contributed by atoms with E-state index >= 15 is 0 Å². The Morgan fingerprint density at radius 2 is 2.20 bits per heavy atom. The Hall–Kier alpha value is -1.14. The Balaban J connectivity index is 2.10. The molecule has 0 bridgehead atoms.